The number of aliphatic imine (C=N–C) groups is 1. The van der Waals surface area contributed by atoms with Gasteiger partial charge in [-0.25, -0.2) is 4.99 Å². The zero-order valence-corrected chi connectivity index (χ0v) is 22.9. The van der Waals surface area contributed by atoms with Crippen molar-refractivity contribution in [3.05, 3.63) is 72.8 Å². The number of hydrogen-bond donors (Lipinski definition) is 0. The maximum Gasteiger partial charge on any atom is 0.203 e. The minimum atomic E-state index is -0.158. The second-order valence-electron chi connectivity index (χ2n) is 12.9. The van der Waals surface area contributed by atoms with Crippen LogP contribution in [0.3, 0.4) is 0 Å². The molecular formula is C32H38N4. The Morgan fingerprint density at radius 3 is 2.00 bits per heavy atom. The van der Waals surface area contributed by atoms with E-state index in [1.54, 1.807) is 0 Å². The zero-order chi connectivity index (χ0) is 25.7. The predicted octanol–water partition coefficient (Wildman–Crippen LogP) is 7.78. The molecule has 2 aliphatic rings. The van der Waals surface area contributed by atoms with Gasteiger partial charge in [0.1, 0.15) is 0 Å². The molecule has 3 aromatic carbocycles. The van der Waals surface area contributed by atoms with Gasteiger partial charge in [0.05, 0.1) is 27.7 Å². The first kappa shape index (κ1) is 23.1. The first-order valence-corrected chi connectivity index (χ1v) is 13.1. The van der Waals surface area contributed by atoms with E-state index in [-0.39, 0.29) is 22.2 Å². The fourth-order valence-corrected chi connectivity index (χ4v) is 7.12. The summed E-state index contributed by atoms with van der Waals surface area (Å²) in [6.07, 6.45) is 1.03. The molecule has 0 spiro atoms. The molecule has 6 rings (SSSR count). The molecule has 1 saturated heterocycles. The average molecular weight is 479 g/mol. The monoisotopic (exact) mass is 478 g/mol. The molecule has 0 atom stereocenters. The summed E-state index contributed by atoms with van der Waals surface area (Å²) in [7, 11) is 0. The summed E-state index contributed by atoms with van der Waals surface area (Å²) in [6.45, 7) is 18.8. The summed E-state index contributed by atoms with van der Waals surface area (Å²) in [5.74, 6) is 1.09. The van der Waals surface area contributed by atoms with E-state index >= 15 is 0 Å². The Morgan fingerprint density at radius 1 is 0.639 bits per heavy atom. The Labute approximate surface area is 215 Å². The molecule has 0 unspecified atom stereocenters. The van der Waals surface area contributed by atoms with Crippen molar-refractivity contribution in [2.75, 3.05) is 4.90 Å². The van der Waals surface area contributed by atoms with E-state index in [1.165, 1.54) is 33.2 Å². The van der Waals surface area contributed by atoms with Crippen LogP contribution in [0, 0.1) is 0 Å². The molecule has 4 heteroatoms. The molecule has 1 fully saturated rings. The van der Waals surface area contributed by atoms with E-state index in [0.717, 1.165) is 12.4 Å². The molecule has 0 bridgehead atoms. The Kier molecular flexibility index (Phi) is 4.60. The van der Waals surface area contributed by atoms with Crippen LogP contribution in [0.5, 0.6) is 0 Å². The maximum absolute atomic E-state index is 5.38. The number of anilines is 1. The van der Waals surface area contributed by atoms with E-state index in [2.05, 4.69) is 143 Å². The summed E-state index contributed by atoms with van der Waals surface area (Å²) in [6, 6.07) is 26.4. The molecule has 36 heavy (non-hydrogen) atoms. The van der Waals surface area contributed by atoms with Gasteiger partial charge in [0.25, 0.3) is 0 Å². The third-order valence-electron chi connectivity index (χ3n) is 8.82. The van der Waals surface area contributed by atoms with Crippen molar-refractivity contribution in [3.8, 4) is 5.69 Å². The van der Waals surface area contributed by atoms with E-state index in [9.17, 15) is 0 Å². The molecule has 4 nitrogen and oxygen atoms in total. The van der Waals surface area contributed by atoms with E-state index < -0.39 is 0 Å². The number of para-hydroxylation sites is 2. The fraction of sp³-hybridized carbons (Fsp3) is 0.406. The second kappa shape index (κ2) is 7.15. The minimum absolute atomic E-state index is 0.00351. The predicted molar refractivity (Wildman–Crippen MR) is 153 cm³/mol. The van der Waals surface area contributed by atoms with Gasteiger partial charge in [-0.1, -0.05) is 36.4 Å². The molecule has 0 amide bonds. The Hall–Kier alpha value is -3.27. The number of benzene rings is 3. The van der Waals surface area contributed by atoms with Crippen LogP contribution in [0.25, 0.3) is 27.5 Å². The number of fused-ring (bicyclic) bond motifs is 4. The lowest BCUT2D eigenvalue weighted by molar-refractivity contribution is 0.0495. The van der Waals surface area contributed by atoms with Gasteiger partial charge in [-0.15, -0.1) is 0 Å². The minimum Gasteiger partial charge on any atom is -0.330 e. The number of hydrogen-bond acceptors (Lipinski definition) is 3. The van der Waals surface area contributed by atoms with Crippen molar-refractivity contribution in [3.63, 3.8) is 0 Å². The molecule has 0 aliphatic carbocycles. The maximum atomic E-state index is 5.38. The zero-order valence-electron chi connectivity index (χ0n) is 22.9. The third kappa shape index (κ3) is 3.03. The Morgan fingerprint density at radius 2 is 1.28 bits per heavy atom. The molecule has 0 saturated carbocycles. The van der Waals surface area contributed by atoms with Crippen molar-refractivity contribution in [1.82, 2.24) is 9.47 Å². The quantitative estimate of drug-likeness (QED) is 0.294. The van der Waals surface area contributed by atoms with Crippen LogP contribution in [-0.4, -0.2) is 37.6 Å². The Balaban J connectivity index is 1.62. The van der Waals surface area contributed by atoms with Crippen LogP contribution in [-0.2, 0) is 0 Å². The smallest absolute Gasteiger partial charge is 0.203 e. The van der Waals surface area contributed by atoms with Crippen molar-refractivity contribution < 1.29 is 0 Å². The Bertz CT molecular complexity index is 1520. The first-order valence-electron chi connectivity index (χ1n) is 13.1. The van der Waals surface area contributed by atoms with Gasteiger partial charge in [0.15, 0.2) is 0 Å². The lowest BCUT2D eigenvalue weighted by atomic mass is 9.77. The highest BCUT2D eigenvalue weighted by Crippen LogP contribution is 2.51. The van der Waals surface area contributed by atoms with Crippen LogP contribution in [0.15, 0.2) is 77.8 Å². The van der Waals surface area contributed by atoms with E-state index in [0.29, 0.717) is 0 Å². The van der Waals surface area contributed by atoms with Crippen molar-refractivity contribution in [2.24, 2.45) is 4.99 Å². The van der Waals surface area contributed by atoms with Gasteiger partial charge < -0.3 is 14.4 Å². The van der Waals surface area contributed by atoms with Crippen molar-refractivity contribution in [1.29, 1.82) is 0 Å². The molecule has 186 valence electrons. The van der Waals surface area contributed by atoms with Crippen LogP contribution >= 0.6 is 0 Å². The highest BCUT2D eigenvalue weighted by atomic mass is 15.5. The number of guanidine groups is 1. The molecule has 3 heterocycles. The first-order chi connectivity index (χ1) is 16.9. The average Bonchev–Trinajstić information content (AvgIpc) is 3.19. The van der Waals surface area contributed by atoms with E-state index in [1.807, 2.05) is 0 Å². The highest BCUT2D eigenvalue weighted by molar-refractivity contribution is 6.12. The molecular weight excluding hydrogens is 440 g/mol. The van der Waals surface area contributed by atoms with Gasteiger partial charge in [-0.3, -0.25) is 0 Å². The van der Waals surface area contributed by atoms with Gasteiger partial charge in [0.2, 0.25) is 5.96 Å². The van der Waals surface area contributed by atoms with Crippen LogP contribution in [0.1, 0.15) is 61.8 Å². The summed E-state index contributed by atoms with van der Waals surface area (Å²) >= 11 is 0. The SMILES string of the molecule is CC1(C)CC(C)(C)N2C(=N1)N(c1ccc3c(c1)c1ccccc1n3-c1ccccc1)C(C)(C)C2(C)C. The molecule has 4 aromatic rings. The van der Waals surface area contributed by atoms with Gasteiger partial charge in [-0.2, -0.15) is 0 Å². The number of aromatic nitrogens is 1. The summed E-state index contributed by atoms with van der Waals surface area (Å²) in [5, 5.41) is 2.55. The molecule has 2 aliphatic heterocycles. The molecule has 0 radical (unpaired) electrons. The van der Waals surface area contributed by atoms with E-state index in [4.69, 9.17) is 4.99 Å². The lowest BCUT2D eigenvalue weighted by Crippen LogP contribution is -2.62. The van der Waals surface area contributed by atoms with Crippen molar-refractivity contribution in [2.45, 2.75) is 84.0 Å². The van der Waals surface area contributed by atoms with Gasteiger partial charge in [-0.05, 0) is 98.2 Å². The lowest BCUT2D eigenvalue weighted by Gasteiger charge is -2.52. The topological polar surface area (TPSA) is 23.8 Å². The third-order valence-corrected chi connectivity index (χ3v) is 8.82. The summed E-state index contributed by atoms with van der Waals surface area (Å²) in [4.78, 5) is 10.5. The number of nitrogens with zero attached hydrogens (tertiary/aromatic N) is 4. The summed E-state index contributed by atoms with van der Waals surface area (Å²) < 4.78 is 2.38. The second-order valence-corrected chi connectivity index (χ2v) is 12.9. The largest absolute Gasteiger partial charge is 0.330 e. The molecule has 1 aromatic heterocycles. The van der Waals surface area contributed by atoms with Crippen molar-refractivity contribution >= 4 is 33.5 Å². The standard InChI is InChI=1S/C32H38N4/c1-29(2)21-30(3,4)36-28(33-29)35(31(5,6)32(36,7)8)23-18-19-27-25(20-23)24-16-12-13-17-26(24)34(27)22-14-10-9-11-15-22/h9-20H,21H2,1-8H3. The molecule has 0 N–H and O–H groups in total. The highest BCUT2D eigenvalue weighted by Gasteiger charge is 2.62. The fourth-order valence-electron chi connectivity index (χ4n) is 7.12. The summed E-state index contributed by atoms with van der Waals surface area (Å²) in [5.41, 5.74) is 4.48. The van der Waals surface area contributed by atoms with Gasteiger partial charge in [0, 0.05) is 27.7 Å². The number of rotatable bonds is 2. The normalized spacial score (nSPS) is 21.6. The van der Waals surface area contributed by atoms with Crippen LogP contribution in [0.2, 0.25) is 0 Å². The van der Waals surface area contributed by atoms with Crippen LogP contribution < -0.4 is 4.90 Å². The van der Waals surface area contributed by atoms with Crippen LogP contribution in [0.4, 0.5) is 5.69 Å². The van der Waals surface area contributed by atoms with Gasteiger partial charge >= 0.3 is 0 Å².